The van der Waals surface area contributed by atoms with Crippen LogP contribution in [0.5, 0.6) is 0 Å². The van der Waals surface area contributed by atoms with Crippen LogP contribution in [0, 0.1) is 0 Å². The van der Waals surface area contributed by atoms with Gasteiger partial charge < -0.3 is 10.0 Å². The summed E-state index contributed by atoms with van der Waals surface area (Å²) in [6, 6.07) is 14.5. The Hall–Kier alpha value is -3.07. The van der Waals surface area contributed by atoms with Crippen molar-refractivity contribution in [2.45, 2.75) is 6.04 Å². The van der Waals surface area contributed by atoms with Crippen molar-refractivity contribution in [1.82, 2.24) is 20.3 Å². The molecule has 0 spiro atoms. The summed E-state index contributed by atoms with van der Waals surface area (Å²) in [5, 5.41) is 21.1. The SMILES string of the molecule is O=C(NO)c1cnc(N2CCN(C(CO)c3ccc4ccccc4c3)CC2)nc1. The monoisotopic (exact) mass is 393 g/mol. The predicted molar refractivity (Wildman–Crippen MR) is 109 cm³/mol. The number of anilines is 1. The van der Waals surface area contributed by atoms with Gasteiger partial charge in [-0.05, 0) is 22.4 Å². The number of benzene rings is 2. The molecule has 29 heavy (non-hydrogen) atoms. The molecule has 1 fully saturated rings. The second-order valence-electron chi connectivity index (χ2n) is 7.04. The van der Waals surface area contributed by atoms with Gasteiger partial charge in [0, 0.05) is 38.6 Å². The third kappa shape index (κ3) is 4.04. The van der Waals surface area contributed by atoms with E-state index in [1.807, 2.05) is 17.0 Å². The van der Waals surface area contributed by atoms with Crippen molar-refractivity contribution in [3.8, 4) is 0 Å². The van der Waals surface area contributed by atoms with E-state index < -0.39 is 5.91 Å². The predicted octanol–water partition coefficient (Wildman–Crippen LogP) is 1.60. The number of nitrogens with zero attached hydrogens (tertiary/aromatic N) is 4. The molecule has 1 aliphatic rings. The molecule has 0 saturated carbocycles. The van der Waals surface area contributed by atoms with E-state index in [2.05, 4.69) is 45.2 Å². The Labute approximate surface area is 168 Å². The first-order valence-corrected chi connectivity index (χ1v) is 9.54. The third-order valence-electron chi connectivity index (χ3n) is 5.37. The molecular weight excluding hydrogens is 370 g/mol. The lowest BCUT2D eigenvalue weighted by molar-refractivity contribution is 0.0705. The van der Waals surface area contributed by atoms with Crippen molar-refractivity contribution >= 4 is 22.6 Å². The van der Waals surface area contributed by atoms with E-state index >= 15 is 0 Å². The topological polar surface area (TPSA) is 102 Å². The van der Waals surface area contributed by atoms with Gasteiger partial charge in [0.1, 0.15) is 0 Å². The summed E-state index contributed by atoms with van der Waals surface area (Å²) in [5.74, 6) is -0.0899. The molecule has 8 nitrogen and oxygen atoms in total. The molecule has 2 aromatic carbocycles. The van der Waals surface area contributed by atoms with E-state index in [0.717, 1.165) is 31.7 Å². The fourth-order valence-corrected chi connectivity index (χ4v) is 3.75. The van der Waals surface area contributed by atoms with Crippen molar-refractivity contribution < 1.29 is 15.1 Å². The minimum atomic E-state index is -0.637. The number of aliphatic hydroxyl groups is 1. The van der Waals surface area contributed by atoms with Gasteiger partial charge in [-0.15, -0.1) is 0 Å². The van der Waals surface area contributed by atoms with Crippen LogP contribution in [0.4, 0.5) is 5.95 Å². The van der Waals surface area contributed by atoms with E-state index in [0.29, 0.717) is 5.95 Å². The summed E-state index contributed by atoms with van der Waals surface area (Å²) in [5.41, 5.74) is 2.88. The molecule has 8 heteroatoms. The quantitative estimate of drug-likeness (QED) is 0.447. The number of amides is 1. The highest BCUT2D eigenvalue weighted by Crippen LogP contribution is 2.26. The zero-order chi connectivity index (χ0) is 20.2. The number of aliphatic hydroxyl groups excluding tert-OH is 1. The second kappa shape index (κ2) is 8.52. The summed E-state index contributed by atoms with van der Waals surface area (Å²) in [7, 11) is 0. The van der Waals surface area contributed by atoms with Gasteiger partial charge >= 0.3 is 0 Å². The normalized spacial score (nSPS) is 16.0. The van der Waals surface area contributed by atoms with Gasteiger partial charge in [0.25, 0.3) is 5.91 Å². The third-order valence-corrected chi connectivity index (χ3v) is 5.37. The number of hydroxylamine groups is 1. The highest BCUT2D eigenvalue weighted by Gasteiger charge is 2.26. The summed E-state index contributed by atoms with van der Waals surface area (Å²) < 4.78 is 0. The molecule has 0 radical (unpaired) electrons. The van der Waals surface area contributed by atoms with E-state index in [1.165, 1.54) is 23.2 Å². The molecule has 0 bridgehead atoms. The molecule has 0 aliphatic carbocycles. The Kier molecular flexibility index (Phi) is 5.66. The van der Waals surface area contributed by atoms with Crippen LogP contribution in [0.15, 0.2) is 54.9 Å². The van der Waals surface area contributed by atoms with E-state index in [-0.39, 0.29) is 18.2 Å². The average molecular weight is 393 g/mol. The van der Waals surface area contributed by atoms with Crippen LogP contribution in [0.25, 0.3) is 10.8 Å². The van der Waals surface area contributed by atoms with Crippen molar-refractivity contribution in [1.29, 1.82) is 0 Å². The lowest BCUT2D eigenvalue weighted by Gasteiger charge is -2.38. The molecule has 4 rings (SSSR count). The van der Waals surface area contributed by atoms with Gasteiger partial charge in [-0.1, -0.05) is 36.4 Å². The fourth-order valence-electron chi connectivity index (χ4n) is 3.75. The molecule has 150 valence electrons. The summed E-state index contributed by atoms with van der Waals surface area (Å²) in [4.78, 5) is 24.2. The summed E-state index contributed by atoms with van der Waals surface area (Å²) in [6.45, 7) is 3.02. The van der Waals surface area contributed by atoms with Crippen LogP contribution in [-0.2, 0) is 0 Å². The largest absolute Gasteiger partial charge is 0.394 e. The maximum Gasteiger partial charge on any atom is 0.277 e. The lowest BCUT2D eigenvalue weighted by Crippen LogP contribution is -2.49. The number of nitrogens with one attached hydrogen (secondary N) is 1. The zero-order valence-electron chi connectivity index (χ0n) is 15.9. The molecule has 1 aromatic heterocycles. The lowest BCUT2D eigenvalue weighted by atomic mass is 10.0. The van der Waals surface area contributed by atoms with Crippen LogP contribution in [-0.4, -0.2) is 63.9 Å². The Morgan fingerprint density at radius 1 is 1.03 bits per heavy atom. The van der Waals surface area contributed by atoms with Crippen LogP contribution < -0.4 is 10.4 Å². The number of fused-ring (bicyclic) bond motifs is 1. The van der Waals surface area contributed by atoms with Crippen molar-refractivity contribution in [2.75, 3.05) is 37.7 Å². The summed E-state index contributed by atoms with van der Waals surface area (Å²) in [6.07, 6.45) is 2.79. The number of hydrogen-bond donors (Lipinski definition) is 3. The molecule has 1 aliphatic heterocycles. The Bertz CT molecular complexity index is 987. The van der Waals surface area contributed by atoms with Gasteiger partial charge in [0.15, 0.2) is 0 Å². The smallest absolute Gasteiger partial charge is 0.277 e. The number of carbonyl (C=O) groups is 1. The maximum absolute atomic E-state index is 11.4. The molecule has 1 unspecified atom stereocenters. The van der Waals surface area contributed by atoms with Crippen molar-refractivity contribution in [3.63, 3.8) is 0 Å². The molecule has 2 heterocycles. The first kappa shape index (κ1) is 19.3. The first-order valence-electron chi connectivity index (χ1n) is 9.54. The summed E-state index contributed by atoms with van der Waals surface area (Å²) >= 11 is 0. The van der Waals surface area contributed by atoms with Crippen LogP contribution >= 0.6 is 0 Å². The van der Waals surface area contributed by atoms with Gasteiger partial charge in [-0.3, -0.25) is 14.9 Å². The van der Waals surface area contributed by atoms with Gasteiger partial charge in [-0.2, -0.15) is 0 Å². The molecule has 1 saturated heterocycles. The van der Waals surface area contributed by atoms with Gasteiger partial charge in [0.05, 0.1) is 18.2 Å². The Morgan fingerprint density at radius 3 is 2.38 bits per heavy atom. The van der Waals surface area contributed by atoms with E-state index in [9.17, 15) is 9.90 Å². The van der Waals surface area contributed by atoms with Crippen LogP contribution in [0.3, 0.4) is 0 Å². The molecule has 1 amide bonds. The first-order chi connectivity index (χ1) is 14.2. The minimum Gasteiger partial charge on any atom is -0.394 e. The second-order valence-corrected chi connectivity index (χ2v) is 7.04. The molecule has 3 N–H and O–H groups in total. The highest BCUT2D eigenvalue weighted by molar-refractivity contribution is 5.92. The number of piperazine rings is 1. The standard InChI is InChI=1S/C21H23N5O3/c27-14-19(17-6-5-15-3-1-2-4-16(15)11-17)25-7-9-26(10-8-25)21-22-12-18(13-23-21)20(28)24-29/h1-6,11-13,19,27,29H,7-10,14H2,(H,24,28). The molecule has 3 aromatic rings. The van der Waals surface area contributed by atoms with Crippen LogP contribution in [0.1, 0.15) is 22.0 Å². The number of carbonyl (C=O) groups excluding carboxylic acids is 1. The highest BCUT2D eigenvalue weighted by atomic mass is 16.5. The number of aromatic nitrogens is 2. The van der Waals surface area contributed by atoms with Crippen molar-refractivity contribution in [3.05, 3.63) is 66.0 Å². The van der Waals surface area contributed by atoms with Gasteiger partial charge in [0.2, 0.25) is 5.95 Å². The maximum atomic E-state index is 11.4. The number of rotatable bonds is 5. The molecule has 1 atom stereocenters. The van der Waals surface area contributed by atoms with Crippen molar-refractivity contribution in [2.24, 2.45) is 0 Å². The van der Waals surface area contributed by atoms with E-state index in [4.69, 9.17) is 5.21 Å². The van der Waals surface area contributed by atoms with Crippen LogP contribution in [0.2, 0.25) is 0 Å². The Balaban J connectivity index is 1.44. The average Bonchev–Trinajstić information content (AvgIpc) is 2.79. The van der Waals surface area contributed by atoms with E-state index in [1.54, 1.807) is 5.48 Å². The number of hydrogen-bond acceptors (Lipinski definition) is 7. The Morgan fingerprint density at radius 2 is 1.72 bits per heavy atom. The zero-order valence-corrected chi connectivity index (χ0v) is 15.9. The molecular formula is C21H23N5O3. The fraction of sp³-hybridized carbons (Fsp3) is 0.286. The minimum absolute atomic E-state index is 0.0554. The van der Waals surface area contributed by atoms with Gasteiger partial charge in [-0.25, -0.2) is 15.4 Å².